The van der Waals surface area contributed by atoms with Gasteiger partial charge in [-0.25, -0.2) is 0 Å². The van der Waals surface area contributed by atoms with Crippen LogP contribution in [0.25, 0.3) is 22.3 Å². The number of benzene rings is 5. The monoisotopic (exact) mass is 695 g/mol. The Morgan fingerprint density at radius 1 is 0.453 bits per heavy atom. The van der Waals surface area contributed by atoms with Crippen LogP contribution in [0, 0.1) is 11.8 Å². The molecule has 0 radical (unpaired) electrons. The fourth-order valence-corrected chi connectivity index (χ4v) is 11.7. The molecule has 270 valence electrons. The van der Waals surface area contributed by atoms with Gasteiger partial charge in [0.15, 0.2) is 0 Å². The van der Waals surface area contributed by atoms with Gasteiger partial charge in [0.2, 0.25) is 0 Å². The molecule has 2 bridgehead atoms. The van der Waals surface area contributed by atoms with Crippen LogP contribution in [0.3, 0.4) is 0 Å². The zero-order chi connectivity index (χ0) is 35.5. The van der Waals surface area contributed by atoms with Gasteiger partial charge in [-0.1, -0.05) is 126 Å². The van der Waals surface area contributed by atoms with Gasteiger partial charge in [0, 0.05) is 22.5 Å². The maximum atomic E-state index is 2.52. The van der Waals surface area contributed by atoms with Gasteiger partial charge in [-0.05, 0) is 167 Å². The van der Waals surface area contributed by atoms with E-state index in [1.165, 1.54) is 151 Å². The van der Waals surface area contributed by atoms with Crippen molar-refractivity contribution in [3.05, 3.63) is 137 Å². The summed E-state index contributed by atoms with van der Waals surface area (Å²) >= 11 is 0. The highest BCUT2D eigenvalue weighted by atomic mass is 15.1. The van der Waals surface area contributed by atoms with Gasteiger partial charge in [0.1, 0.15) is 0 Å². The zero-order valence-corrected chi connectivity index (χ0v) is 32.1. The van der Waals surface area contributed by atoms with Crippen LogP contribution in [0.15, 0.2) is 109 Å². The Kier molecular flexibility index (Phi) is 8.61. The Morgan fingerprint density at radius 3 is 1.53 bits per heavy atom. The fraction of sp³-hybridized carbons (Fsp3) is 0.423. The lowest BCUT2D eigenvalue weighted by molar-refractivity contribution is 0.420. The predicted octanol–water partition coefficient (Wildman–Crippen LogP) is 15.1. The Balaban J connectivity index is 0.982. The van der Waals surface area contributed by atoms with Gasteiger partial charge in [0.25, 0.3) is 0 Å². The third-order valence-corrected chi connectivity index (χ3v) is 14.8. The second kappa shape index (κ2) is 13.6. The van der Waals surface area contributed by atoms with Crippen LogP contribution in [-0.4, -0.2) is 0 Å². The molecule has 0 amide bonds. The van der Waals surface area contributed by atoms with E-state index < -0.39 is 0 Å². The minimum Gasteiger partial charge on any atom is -0.310 e. The maximum Gasteiger partial charge on any atom is 0.0465 e. The van der Waals surface area contributed by atoms with Crippen LogP contribution in [0.4, 0.5) is 17.1 Å². The van der Waals surface area contributed by atoms with Crippen molar-refractivity contribution in [2.45, 2.75) is 127 Å². The molecule has 0 aromatic heterocycles. The molecule has 4 fully saturated rings. The number of fused-ring (bicyclic) bond motifs is 5. The molecule has 5 aromatic carbocycles. The number of hydrogen-bond donors (Lipinski definition) is 0. The van der Waals surface area contributed by atoms with Crippen molar-refractivity contribution in [1.29, 1.82) is 0 Å². The molecule has 3 unspecified atom stereocenters. The number of rotatable bonds is 7. The van der Waals surface area contributed by atoms with Crippen molar-refractivity contribution in [2.75, 3.05) is 4.90 Å². The van der Waals surface area contributed by atoms with Gasteiger partial charge < -0.3 is 4.90 Å². The van der Waals surface area contributed by atoms with Crippen LogP contribution in [0.5, 0.6) is 0 Å². The molecule has 5 aromatic rings. The SMILES string of the molecule is CC1(C)c2cc(-c3ccc(C4CCCCC4)cc3)ccc2-c2ccc(N(c3ccc(C4CCCCC4)cc3)c3ccc(C4CC5CCC4C5)cc3)cc21. The third-order valence-electron chi connectivity index (χ3n) is 14.8. The van der Waals surface area contributed by atoms with Crippen LogP contribution in [0.1, 0.15) is 149 Å². The number of hydrogen-bond acceptors (Lipinski definition) is 1. The molecule has 0 heterocycles. The van der Waals surface area contributed by atoms with Gasteiger partial charge >= 0.3 is 0 Å². The summed E-state index contributed by atoms with van der Waals surface area (Å²) in [5.74, 6) is 4.08. The van der Waals surface area contributed by atoms with E-state index >= 15 is 0 Å². The lowest BCUT2D eigenvalue weighted by Gasteiger charge is -2.29. The molecule has 0 aliphatic heterocycles. The lowest BCUT2D eigenvalue weighted by atomic mass is 9.81. The van der Waals surface area contributed by atoms with E-state index in [-0.39, 0.29) is 5.41 Å². The van der Waals surface area contributed by atoms with E-state index in [2.05, 4.69) is 128 Å². The molecule has 1 nitrogen and oxygen atoms in total. The summed E-state index contributed by atoms with van der Waals surface area (Å²) in [4.78, 5) is 2.52. The summed E-state index contributed by atoms with van der Waals surface area (Å²) in [7, 11) is 0. The first-order chi connectivity index (χ1) is 26.0. The van der Waals surface area contributed by atoms with E-state index in [1.807, 2.05) is 0 Å². The molecular weight excluding hydrogens is 639 g/mol. The highest BCUT2D eigenvalue weighted by Crippen LogP contribution is 2.54. The van der Waals surface area contributed by atoms with E-state index in [0.29, 0.717) is 5.92 Å². The first kappa shape index (κ1) is 33.5. The molecule has 0 saturated heterocycles. The topological polar surface area (TPSA) is 3.24 Å². The quantitative estimate of drug-likeness (QED) is 0.164. The largest absolute Gasteiger partial charge is 0.310 e. The average molecular weight is 696 g/mol. The minimum atomic E-state index is -0.0964. The molecule has 1 heteroatoms. The molecular formula is C52H57N. The number of anilines is 3. The fourth-order valence-electron chi connectivity index (χ4n) is 11.7. The summed E-state index contributed by atoms with van der Waals surface area (Å²) < 4.78 is 0. The summed E-state index contributed by atoms with van der Waals surface area (Å²) in [6, 6.07) is 43.5. The van der Waals surface area contributed by atoms with Gasteiger partial charge in [0.05, 0.1) is 0 Å². The normalized spacial score (nSPS) is 23.5. The first-order valence-electron chi connectivity index (χ1n) is 21.4. The van der Waals surface area contributed by atoms with E-state index in [9.17, 15) is 0 Å². The summed E-state index contributed by atoms with van der Waals surface area (Å²) in [6.45, 7) is 4.87. The zero-order valence-electron chi connectivity index (χ0n) is 32.1. The molecule has 3 atom stereocenters. The van der Waals surface area contributed by atoms with Crippen molar-refractivity contribution in [2.24, 2.45) is 11.8 Å². The first-order valence-corrected chi connectivity index (χ1v) is 21.4. The van der Waals surface area contributed by atoms with E-state index in [0.717, 1.165) is 23.7 Å². The highest BCUT2D eigenvalue weighted by Gasteiger charge is 2.40. The molecule has 10 rings (SSSR count). The summed E-state index contributed by atoms with van der Waals surface area (Å²) in [5.41, 5.74) is 16.6. The molecule has 5 aliphatic carbocycles. The predicted molar refractivity (Wildman–Crippen MR) is 224 cm³/mol. The molecule has 5 aliphatic rings. The smallest absolute Gasteiger partial charge is 0.0465 e. The Morgan fingerprint density at radius 2 is 0.962 bits per heavy atom. The molecule has 0 spiro atoms. The molecule has 0 N–H and O–H groups in total. The molecule has 4 saturated carbocycles. The Hall–Kier alpha value is -4.10. The van der Waals surface area contributed by atoms with E-state index in [1.54, 1.807) is 5.56 Å². The van der Waals surface area contributed by atoms with Crippen LogP contribution >= 0.6 is 0 Å². The number of nitrogens with zero attached hydrogens (tertiary/aromatic N) is 1. The minimum absolute atomic E-state index is 0.0964. The van der Waals surface area contributed by atoms with Gasteiger partial charge in [-0.3, -0.25) is 0 Å². The highest BCUT2D eigenvalue weighted by molar-refractivity contribution is 5.87. The second-order valence-corrected chi connectivity index (χ2v) is 18.2. The molecule has 53 heavy (non-hydrogen) atoms. The van der Waals surface area contributed by atoms with Gasteiger partial charge in [-0.2, -0.15) is 0 Å². The van der Waals surface area contributed by atoms with Crippen molar-refractivity contribution < 1.29 is 0 Å². The third kappa shape index (κ3) is 6.07. The van der Waals surface area contributed by atoms with Crippen molar-refractivity contribution in [3.8, 4) is 22.3 Å². The lowest BCUT2D eigenvalue weighted by Crippen LogP contribution is -2.17. The average Bonchev–Trinajstić information content (AvgIpc) is 3.92. The van der Waals surface area contributed by atoms with Crippen molar-refractivity contribution in [3.63, 3.8) is 0 Å². The van der Waals surface area contributed by atoms with Crippen LogP contribution in [-0.2, 0) is 5.41 Å². The maximum absolute atomic E-state index is 2.52. The Bertz CT molecular complexity index is 2070. The van der Waals surface area contributed by atoms with Crippen molar-refractivity contribution >= 4 is 17.1 Å². The standard InChI is InChI=1S/C52H57N/c1-52(2)50-33-42(40-17-15-38(16-18-40)36-9-5-3-6-10-36)23-29-47(50)48-30-28-46(34-51(48)52)53(44-24-19-39(20-25-44)37-11-7-4-8-12-37)45-26-21-41(22-27-45)49-32-35-13-14-43(49)31-35/h15-30,33-37,43,49H,3-14,31-32H2,1-2H3. The van der Waals surface area contributed by atoms with Crippen molar-refractivity contribution in [1.82, 2.24) is 0 Å². The summed E-state index contributed by atoms with van der Waals surface area (Å²) in [6.07, 6.45) is 19.4. The van der Waals surface area contributed by atoms with Crippen LogP contribution < -0.4 is 4.90 Å². The van der Waals surface area contributed by atoms with Crippen LogP contribution in [0.2, 0.25) is 0 Å². The summed E-state index contributed by atoms with van der Waals surface area (Å²) in [5, 5.41) is 0. The second-order valence-electron chi connectivity index (χ2n) is 18.2. The Labute approximate surface area is 318 Å². The van der Waals surface area contributed by atoms with E-state index in [4.69, 9.17) is 0 Å². The van der Waals surface area contributed by atoms with Gasteiger partial charge in [-0.15, -0.1) is 0 Å².